The monoisotopic (exact) mass is 705 g/mol. The second kappa shape index (κ2) is 13.7. The number of para-hydroxylation sites is 1. The van der Waals surface area contributed by atoms with Gasteiger partial charge in [-0.2, -0.15) is 0 Å². The van der Waals surface area contributed by atoms with Gasteiger partial charge in [0.25, 0.3) is 0 Å². The Bertz CT molecular complexity index is 2910. The second-order valence-corrected chi connectivity index (χ2v) is 14.8. The molecule has 9 aromatic carbocycles. The van der Waals surface area contributed by atoms with E-state index in [1.165, 1.54) is 75.5 Å². The van der Waals surface area contributed by atoms with Crippen molar-refractivity contribution in [2.24, 2.45) is 0 Å². The fourth-order valence-corrected chi connectivity index (χ4v) is 9.04. The molecule has 2 heteroatoms. The van der Waals surface area contributed by atoms with Gasteiger partial charge in [0.15, 0.2) is 0 Å². The summed E-state index contributed by atoms with van der Waals surface area (Å²) in [5.74, 6) is 0. The molecule has 0 atom stereocenters. The normalized spacial score (nSPS) is 11.3. The molecule has 254 valence electrons. The average molecular weight is 706 g/mol. The molecule has 10 rings (SSSR count). The third-order valence-corrected chi connectivity index (χ3v) is 11.6. The van der Waals surface area contributed by atoms with Crippen LogP contribution in [0.3, 0.4) is 0 Å². The first-order valence-corrected chi connectivity index (χ1v) is 19.2. The van der Waals surface area contributed by atoms with Gasteiger partial charge in [0.2, 0.25) is 0 Å². The van der Waals surface area contributed by atoms with Crippen molar-refractivity contribution in [3.05, 3.63) is 212 Å². The molecule has 0 radical (unpaired) electrons. The lowest BCUT2D eigenvalue weighted by atomic mass is 9.95. The maximum atomic E-state index is 2.40. The van der Waals surface area contributed by atoms with E-state index in [4.69, 9.17) is 0 Å². The van der Waals surface area contributed by atoms with Crippen LogP contribution in [0.5, 0.6) is 0 Å². The Kier molecular flexibility index (Phi) is 8.09. The van der Waals surface area contributed by atoms with Gasteiger partial charge in [-0.15, -0.1) is 11.3 Å². The molecule has 0 spiro atoms. The molecule has 54 heavy (non-hydrogen) atoms. The quantitative estimate of drug-likeness (QED) is 0.160. The molecule has 0 aliphatic heterocycles. The van der Waals surface area contributed by atoms with Crippen molar-refractivity contribution < 1.29 is 0 Å². The van der Waals surface area contributed by atoms with Gasteiger partial charge in [-0.05, 0) is 98.2 Å². The Morgan fingerprint density at radius 1 is 0.315 bits per heavy atom. The van der Waals surface area contributed by atoms with E-state index >= 15 is 0 Å². The molecule has 0 aliphatic rings. The van der Waals surface area contributed by atoms with Gasteiger partial charge in [-0.1, -0.05) is 164 Å². The minimum atomic E-state index is 1.11. The number of benzene rings is 9. The summed E-state index contributed by atoms with van der Waals surface area (Å²) in [6, 6.07) is 77.1. The van der Waals surface area contributed by atoms with E-state index in [-0.39, 0.29) is 0 Å². The van der Waals surface area contributed by atoms with Gasteiger partial charge in [0, 0.05) is 37.1 Å². The Morgan fingerprint density at radius 2 is 0.870 bits per heavy atom. The summed E-state index contributed by atoms with van der Waals surface area (Å²) in [4.78, 5) is 2.40. The van der Waals surface area contributed by atoms with Crippen LogP contribution in [0.4, 0.5) is 17.1 Å². The molecule has 10 aromatic rings. The van der Waals surface area contributed by atoms with Crippen LogP contribution in [0.2, 0.25) is 0 Å². The molecule has 0 unspecified atom stereocenters. The van der Waals surface area contributed by atoms with E-state index in [2.05, 4.69) is 217 Å². The molecule has 0 amide bonds. The molecule has 1 nitrogen and oxygen atoms in total. The minimum absolute atomic E-state index is 1.11. The Morgan fingerprint density at radius 3 is 1.61 bits per heavy atom. The van der Waals surface area contributed by atoms with E-state index < -0.39 is 0 Å². The topological polar surface area (TPSA) is 3.24 Å². The smallest absolute Gasteiger partial charge is 0.0540 e. The molecule has 0 saturated heterocycles. The summed E-state index contributed by atoms with van der Waals surface area (Å²) in [6.07, 6.45) is 0. The van der Waals surface area contributed by atoms with Crippen molar-refractivity contribution in [1.82, 2.24) is 0 Å². The summed E-state index contributed by atoms with van der Waals surface area (Å²) in [5.41, 5.74) is 13.0. The van der Waals surface area contributed by atoms with Crippen LogP contribution in [0.25, 0.3) is 75.5 Å². The third kappa shape index (κ3) is 5.84. The molecular weight excluding hydrogens is 671 g/mol. The maximum Gasteiger partial charge on any atom is 0.0540 e. The molecule has 0 saturated carbocycles. The standard InChI is InChI=1S/C52H35NS/c1-4-14-36(15-5-1)37-26-28-38(29-27-37)40-20-12-23-45(32-40)53(44-21-8-3-9-22-44)50-31-30-43(34-48(50)39-16-6-2-7-17-39)46-24-13-25-47-49-33-41-18-10-11-19-42(41)35-51(49)54-52(46)47/h1-35H. The number of rotatable bonds is 7. The lowest BCUT2D eigenvalue weighted by Crippen LogP contribution is -2.11. The summed E-state index contributed by atoms with van der Waals surface area (Å²) >= 11 is 1.89. The molecule has 0 N–H and O–H groups in total. The van der Waals surface area contributed by atoms with Crippen molar-refractivity contribution in [3.8, 4) is 44.5 Å². The predicted octanol–water partition coefficient (Wildman–Crippen LogP) is 15.3. The van der Waals surface area contributed by atoms with E-state index in [1.54, 1.807) is 0 Å². The van der Waals surface area contributed by atoms with Crippen molar-refractivity contribution in [1.29, 1.82) is 0 Å². The molecule has 1 aromatic heterocycles. The Labute approximate surface area is 319 Å². The number of nitrogens with zero attached hydrogens (tertiary/aromatic N) is 1. The van der Waals surface area contributed by atoms with E-state index in [1.807, 2.05) is 11.3 Å². The fourth-order valence-electron chi connectivity index (χ4n) is 7.77. The number of anilines is 3. The highest BCUT2D eigenvalue weighted by molar-refractivity contribution is 7.26. The number of hydrogen-bond donors (Lipinski definition) is 0. The lowest BCUT2D eigenvalue weighted by molar-refractivity contribution is 1.28. The van der Waals surface area contributed by atoms with Gasteiger partial charge >= 0.3 is 0 Å². The summed E-state index contributed by atoms with van der Waals surface area (Å²) < 4.78 is 2.64. The zero-order valence-electron chi connectivity index (χ0n) is 29.6. The largest absolute Gasteiger partial charge is 0.310 e. The van der Waals surface area contributed by atoms with Crippen LogP contribution in [0.1, 0.15) is 0 Å². The second-order valence-electron chi connectivity index (χ2n) is 13.7. The number of hydrogen-bond acceptors (Lipinski definition) is 2. The average Bonchev–Trinajstić information content (AvgIpc) is 3.62. The van der Waals surface area contributed by atoms with Crippen LogP contribution < -0.4 is 4.90 Å². The van der Waals surface area contributed by atoms with Crippen LogP contribution in [-0.4, -0.2) is 0 Å². The van der Waals surface area contributed by atoms with Crippen LogP contribution >= 0.6 is 11.3 Å². The first-order chi connectivity index (χ1) is 26.8. The van der Waals surface area contributed by atoms with Gasteiger partial charge < -0.3 is 4.90 Å². The molecule has 0 bridgehead atoms. The highest BCUT2D eigenvalue weighted by atomic mass is 32.1. The third-order valence-electron chi connectivity index (χ3n) is 10.4. The van der Waals surface area contributed by atoms with E-state index in [0.717, 1.165) is 17.1 Å². The molecule has 0 aliphatic carbocycles. The predicted molar refractivity (Wildman–Crippen MR) is 233 cm³/mol. The zero-order chi connectivity index (χ0) is 35.8. The maximum absolute atomic E-state index is 2.40. The first kappa shape index (κ1) is 32.0. The Hall–Kier alpha value is -6.74. The first-order valence-electron chi connectivity index (χ1n) is 18.4. The number of fused-ring (bicyclic) bond motifs is 4. The molecule has 0 fully saturated rings. The zero-order valence-corrected chi connectivity index (χ0v) is 30.4. The van der Waals surface area contributed by atoms with Crippen molar-refractivity contribution in [3.63, 3.8) is 0 Å². The van der Waals surface area contributed by atoms with Crippen LogP contribution in [-0.2, 0) is 0 Å². The van der Waals surface area contributed by atoms with Crippen LogP contribution in [0, 0.1) is 0 Å². The molecule has 1 heterocycles. The lowest BCUT2D eigenvalue weighted by Gasteiger charge is -2.29. The fraction of sp³-hybridized carbons (Fsp3) is 0. The summed E-state index contributed by atoms with van der Waals surface area (Å²) in [6.45, 7) is 0. The van der Waals surface area contributed by atoms with Gasteiger partial charge in [0.05, 0.1) is 5.69 Å². The van der Waals surface area contributed by atoms with Crippen molar-refractivity contribution >= 4 is 59.3 Å². The van der Waals surface area contributed by atoms with Gasteiger partial charge in [-0.25, -0.2) is 0 Å². The van der Waals surface area contributed by atoms with Crippen LogP contribution in [0.15, 0.2) is 212 Å². The highest BCUT2D eigenvalue weighted by Crippen LogP contribution is 2.46. The SMILES string of the molecule is c1ccc(-c2ccc(-c3cccc(N(c4ccccc4)c4ccc(-c5cccc6c5sc5cc7ccccc7cc56)cc4-c4ccccc4)c3)cc2)cc1. The minimum Gasteiger partial charge on any atom is -0.310 e. The van der Waals surface area contributed by atoms with E-state index in [0.29, 0.717) is 0 Å². The Balaban J connectivity index is 1.12. The van der Waals surface area contributed by atoms with Gasteiger partial charge in [-0.3, -0.25) is 0 Å². The van der Waals surface area contributed by atoms with Crippen molar-refractivity contribution in [2.75, 3.05) is 4.90 Å². The highest BCUT2D eigenvalue weighted by Gasteiger charge is 2.20. The summed E-state index contributed by atoms with van der Waals surface area (Å²) in [7, 11) is 0. The molecular formula is C52H35NS. The van der Waals surface area contributed by atoms with Crippen molar-refractivity contribution in [2.45, 2.75) is 0 Å². The van der Waals surface area contributed by atoms with E-state index in [9.17, 15) is 0 Å². The number of thiophene rings is 1. The summed E-state index contributed by atoms with van der Waals surface area (Å²) in [5, 5.41) is 5.19. The van der Waals surface area contributed by atoms with Gasteiger partial charge in [0.1, 0.15) is 0 Å².